The quantitative estimate of drug-likeness (QED) is 0.627. The van der Waals surface area contributed by atoms with Crippen LogP contribution in [0.5, 0.6) is 0 Å². The molecule has 0 bridgehead atoms. The van der Waals surface area contributed by atoms with Gasteiger partial charge in [-0.25, -0.2) is 18.6 Å². The fraction of sp³-hybridized carbons (Fsp3) is 0.0667. The van der Waals surface area contributed by atoms with Crippen molar-refractivity contribution >= 4 is 29.3 Å². The number of carbonyl (C=O) groups excluding carboxylic acids is 1. The number of hydrogen-bond donors (Lipinski definition) is 0. The Morgan fingerprint density at radius 3 is 2.71 bits per heavy atom. The van der Waals surface area contributed by atoms with Gasteiger partial charge in [0.1, 0.15) is 11.6 Å². The molecule has 0 aliphatic carbocycles. The molecule has 0 spiro atoms. The lowest BCUT2D eigenvalue weighted by molar-refractivity contribution is -0.129. The number of rotatable bonds is 2. The summed E-state index contributed by atoms with van der Waals surface area (Å²) in [5.41, 5.74) is 0.0473. The van der Waals surface area contributed by atoms with Gasteiger partial charge in [-0.2, -0.15) is 0 Å². The highest BCUT2D eigenvalue weighted by Crippen LogP contribution is 2.24. The Morgan fingerprint density at radius 2 is 2.05 bits per heavy atom. The second-order valence-electron chi connectivity index (χ2n) is 4.41. The van der Waals surface area contributed by atoms with Crippen molar-refractivity contribution in [1.29, 1.82) is 0 Å². The molecule has 106 valence electrons. The molecule has 1 aromatic heterocycles. The molecule has 3 rings (SSSR count). The average molecular weight is 305 g/mol. The summed E-state index contributed by atoms with van der Waals surface area (Å²) in [6.45, 7) is 1.95. The SMILES string of the molecule is Cc1ccc(/C=C2\N=C(c3ccc(F)cc3F)OC2=O)s1. The van der Waals surface area contributed by atoms with Crippen LogP contribution in [0.1, 0.15) is 15.3 Å². The number of esters is 1. The molecule has 6 heteroatoms. The maximum atomic E-state index is 13.7. The first-order chi connectivity index (χ1) is 10.0. The van der Waals surface area contributed by atoms with Gasteiger partial charge in [-0.1, -0.05) is 0 Å². The van der Waals surface area contributed by atoms with Gasteiger partial charge < -0.3 is 4.74 Å². The molecule has 21 heavy (non-hydrogen) atoms. The van der Waals surface area contributed by atoms with Crippen molar-refractivity contribution in [3.05, 3.63) is 63.0 Å². The van der Waals surface area contributed by atoms with Crippen LogP contribution in [-0.4, -0.2) is 11.9 Å². The van der Waals surface area contributed by atoms with Gasteiger partial charge in [-0.3, -0.25) is 0 Å². The number of aliphatic imine (C=N–C) groups is 1. The van der Waals surface area contributed by atoms with Crippen LogP contribution >= 0.6 is 11.3 Å². The molecule has 2 heterocycles. The first-order valence-corrected chi connectivity index (χ1v) is 6.89. The number of aryl methyl sites for hydroxylation is 1. The number of cyclic esters (lactones) is 1. The Labute approximate surface area is 123 Å². The minimum atomic E-state index is -0.824. The largest absolute Gasteiger partial charge is 0.402 e. The first kappa shape index (κ1) is 13.6. The van der Waals surface area contributed by atoms with Gasteiger partial charge in [0.05, 0.1) is 5.56 Å². The molecule has 2 aromatic rings. The van der Waals surface area contributed by atoms with Crippen molar-refractivity contribution in [3.8, 4) is 0 Å². The minimum Gasteiger partial charge on any atom is -0.402 e. The van der Waals surface area contributed by atoms with Crippen molar-refractivity contribution in [1.82, 2.24) is 0 Å². The highest BCUT2D eigenvalue weighted by atomic mass is 32.1. The Balaban J connectivity index is 1.97. The molecule has 0 saturated carbocycles. The van der Waals surface area contributed by atoms with Crippen LogP contribution in [0.25, 0.3) is 6.08 Å². The van der Waals surface area contributed by atoms with E-state index in [9.17, 15) is 13.6 Å². The van der Waals surface area contributed by atoms with Gasteiger partial charge in [0, 0.05) is 15.8 Å². The van der Waals surface area contributed by atoms with E-state index in [1.165, 1.54) is 17.4 Å². The molecule has 0 amide bonds. The van der Waals surface area contributed by atoms with E-state index < -0.39 is 17.6 Å². The number of thiophene rings is 1. The zero-order valence-corrected chi connectivity index (χ0v) is 11.7. The monoisotopic (exact) mass is 305 g/mol. The zero-order chi connectivity index (χ0) is 15.0. The second-order valence-corrected chi connectivity index (χ2v) is 5.73. The van der Waals surface area contributed by atoms with Crippen molar-refractivity contribution in [3.63, 3.8) is 0 Å². The number of carbonyl (C=O) groups is 1. The van der Waals surface area contributed by atoms with Crippen molar-refractivity contribution < 1.29 is 18.3 Å². The lowest BCUT2D eigenvalue weighted by Gasteiger charge is -2.00. The lowest BCUT2D eigenvalue weighted by Crippen LogP contribution is -2.07. The average Bonchev–Trinajstić information content (AvgIpc) is 2.97. The summed E-state index contributed by atoms with van der Waals surface area (Å²) >= 11 is 1.50. The molecule has 0 saturated heterocycles. The summed E-state index contributed by atoms with van der Waals surface area (Å²) in [4.78, 5) is 17.7. The highest BCUT2D eigenvalue weighted by molar-refractivity contribution is 7.12. The lowest BCUT2D eigenvalue weighted by atomic mass is 10.2. The predicted octanol–water partition coefficient (Wildman–Crippen LogP) is 3.68. The van der Waals surface area contributed by atoms with Crippen LogP contribution in [0.15, 0.2) is 41.0 Å². The third kappa shape index (κ3) is 2.75. The summed E-state index contributed by atoms with van der Waals surface area (Å²) < 4.78 is 31.5. The third-order valence-corrected chi connectivity index (χ3v) is 3.77. The van der Waals surface area contributed by atoms with E-state index in [1.54, 1.807) is 6.08 Å². The number of ether oxygens (including phenoxy) is 1. The van der Waals surface area contributed by atoms with E-state index in [0.717, 1.165) is 21.9 Å². The van der Waals surface area contributed by atoms with Crippen molar-refractivity contribution in [2.24, 2.45) is 4.99 Å². The van der Waals surface area contributed by atoms with Gasteiger partial charge in [-0.15, -0.1) is 11.3 Å². The van der Waals surface area contributed by atoms with Crippen LogP contribution in [0, 0.1) is 18.6 Å². The topological polar surface area (TPSA) is 38.7 Å². The smallest absolute Gasteiger partial charge is 0.363 e. The Kier molecular flexibility index (Phi) is 3.39. The van der Waals surface area contributed by atoms with Crippen LogP contribution < -0.4 is 0 Å². The number of halogens is 2. The maximum Gasteiger partial charge on any atom is 0.363 e. The Bertz CT molecular complexity index is 793. The number of benzene rings is 1. The summed E-state index contributed by atoms with van der Waals surface area (Å²) in [6, 6.07) is 6.76. The third-order valence-electron chi connectivity index (χ3n) is 2.82. The molecule has 1 aliphatic rings. The van der Waals surface area contributed by atoms with Crippen molar-refractivity contribution in [2.45, 2.75) is 6.92 Å². The normalized spacial score (nSPS) is 16.2. The van der Waals surface area contributed by atoms with Gasteiger partial charge in [0.15, 0.2) is 5.70 Å². The standard InChI is InChI=1S/C15H9F2NO2S/c1-8-2-4-10(21-8)7-13-15(19)20-14(18-13)11-5-3-9(16)6-12(11)17/h2-7H,1H3/b13-7-. The minimum absolute atomic E-state index is 0.0458. The van der Waals surface area contributed by atoms with E-state index in [2.05, 4.69) is 4.99 Å². The molecular weight excluding hydrogens is 296 g/mol. The molecule has 0 fully saturated rings. The molecule has 1 aromatic carbocycles. The van der Waals surface area contributed by atoms with Crippen LogP contribution in [0.3, 0.4) is 0 Å². The molecular formula is C15H9F2NO2S. The molecule has 0 unspecified atom stereocenters. The molecule has 0 atom stereocenters. The fourth-order valence-electron chi connectivity index (χ4n) is 1.85. The predicted molar refractivity (Wildman–Crippen MR) is 76.0 cm³/mol. The van der Waals surface area contributed by atoms with E-state index in [-0.39, 0.29) is 17.2 Å². The summed E-state index contributed by atoms with van der Waals surface area (Å²) in [6.07, 6.45) is 1.58. The fourth-order valence-corrected chi connectivity index (χ4v) is 2.67. The molecule has 1 aliphatic heterocycles. The van der Waals surface area contributed by atoms with Crippen LogP contribution in [0.4, 0.5) is 8.78 Å². The first-order valence-electron chi connectivity index (χ1n) is 6.07. The van der Waals surface area contributed by atoms with Gasteiger partial charge in [-0.05, 0) is 37.3 Å². The molecule has 3 nitrogen and oxygen atoms in total. The van der Waals surface area contributed by atoms with Crippen LogP contribution in [0.2, 0.25) is 0 Å². The van der Waals surface area contributed by atoms with E-state index in [1.807, 2.05) is 19.1 Å². The van der Waals surface area contributed by atoms with Crippen LogP contribution in [-0.2, 0) is 9.53 Å². The van der Waals surface area contributed by atoms with Crippen molar-refractivity contribution in [2.75, 3.05) is 0 Å². The van der Waals surface area contributed by atoms with E-state index >= 15 is 0 Å². The summed E-state index contributed by atoms with van der Waals surface area (Å²) in [5, 5.41) is 0. The molecule has 0 radical (unpaired) electrons. The van der Waals surface area contributed by atoms with Gasteiger partial charge in [0.25, 0.3) is 0 Å². The zero-order valence-electron chi connectivity index (χ0n) is 10.9. The number of hydrogen-bond acceptors (Lipinski definition) is 4. The van der Waals surface area contributed by atoms with E-state index in [4.69, 9.17) is 4.74 Å². The molecule has 0 N–H and O–H groups in total. The summed E-state index contributed by atoms with van der Waals surface area (Å²) in [7, 11) is 0. The highest BCUT2D eigenvalue weighted by Gasteiger charge is 2.26. The van der Waals surface area contributed by atoms with Gasteiger partial charge >= 0.3 is 5.97 Å². The Hall–Kier alpha value is -2.34. The maximum absolute atomic E-state index is 13.7. The second kappa shape index (κ2) is 5.21. The Morgan fingerprint density at radius 1 is 1.24 bits per heavy atom. The number of nitrogens with zero attached hydrogens (tertiary/aromatic N) is 1. The van der Waals surface area contributed by atoms with Gasteiger partial charge in [0.2, 0.25) is 5.90 Å². The summed E-state index contributed by atoms with van der Waals surface area (Å²) in [5.74, 6) is -2.34. The van der Waals surface area contributed by atoms with E-state index in [0.29, 0.717) is 0 Å².